The van der Waals surface area contributed by atoms with Gasteiger partial charge < -0.3 is 10.6 Å². The van der Waals surface area contributed by atoms with Crippen LogP contribution in [-0.4, -0.2) is 39.5 Å². The molecule has 2 N–H and O–H groups in total. The molecule has 5 heteroatoms. The summed E-state index contributed by atoms with van der Waals surface area (Å²) in [6, 6.07) is 0.627. The number of rotatable bonds is 7. The molecule has 0 fully saturated rings. The van der Waals surface area contributed by atoms with Crippen molar-refractivity contribution in [1.29, 1.82) is 0 Å². The fourth-order valence-electron chi connectivity index (χ4n) is 1.66. The smallest absolute Gasteiger partial charge is 0.0962 e. The van der Waals surface area contributed by atoms with Crippen molar-refractivity contribution in [2.75, 3.05) is 13.6 Å². The molecule has 0 aromatic carbocycles. The Labute approximate surface area is 97.6 Å². The zero-order valence-corrected chi connectivity index (χ0v) is 10.6. The van der Waals surface area contributed by atoms with Gasteiger partial charge in [0, 0.05) is 25.3 Å². The zero-order chi connectivity index (χ0) is 12.0. The third-order valence-electron chi connectivity index (χ3n) is 2.94. The van der Waals surface area contributed by atoms with Gasteiger partial charge in [0.25, 0.3) is 0 Å². The van der Waals surface area contributed by atoms with E-state index in [0.717, 1.165) is 18.8 Å². The summed E-state index contributed by atoms with van der Waals surface area (Å²) in [5.74, 6) is 0. The van der Waals surface area contributed by atoms with Crippen molar-refractivity contribution in [2.45, 2.75) is 45.8 Å². The van der Waals surface area contributed by atoms with Crippen molar-refractivity contribution in [3.05, 3.63) is 11.9 Å². The monoisotopic (exact) mass is 225 g/mol. The zero-order valence-electron chi connectivity index (χ0n) is 10.6. The van der Waals surface area contributed by atoms with Crippen molar-refractivity contribution in [3.8, 4) is 0 Å². The Morgan fingerprint density at radius 1 is 1.56 bits per heavy atom. The minimum atomic E-state index is 0.460. The Bertz CT molecular complexity index is 296. The Hall–Kier alpha value is -0.940. The van der Waals surface area contributed by atoms with E-state index in [0.29, 0.717) is 12.6 Å². The molecule has 0 bridgehead atoms. The van der Waals surface area contributed by atoms with Crippen LogP contribution >= 0.6 is 0 Å². The van der Waals surface area contributed by atoms with E-state index in [1.54, 1.807) is 0 Å². The number of nitrogens with two attached hydrogens (primary N) is 1. The lowest BCUT2D eigenvalue weighted by molar-refractivity contribution is 0.232. The lowest BCUT2D eigenvalue weighted by Gasteiger charge is -2.23. The van der Waals surface area contributed by atoms with Crippen LogP contribution in [0.3, 0.4) is 0 Å². The normalized spacial score (nSPS) is 13.3. The topological polar surface area (TPSA) is 60.0 Å². The van der Waals surface area contributed by atoms with Crippen LogP contribution in [0.15, 0.2) is 6.20 Å². The predicted octanol–water partition coefficient (Wildman–Crippen LogP) is 0.857. The second kappa shape index (κ2) is 6.60. The molecule has 1 aromatic heterocycles. The molecule has 0 saturated carbocycles. The highest BCUT2D eigenvalue weighted by Gasteiger charge is 2.08. The van der Waals surface area contributed by atoms with E-state index >= 15 is 0 Å². The minimum Gasteiger partial charge on any atom is -0.325 e. The third kappa shape index (κ3) is 3.90. The summed E-state index contributed by atoms with van der Waals surface area (Å²) in [6.45, 7) is 6.81. The number of hydrogen-bond acceptors (Lipinski definition) is 4. The second-order valence-corrected chi connectivity index (χ2v) is 4.30. The maximum atomic E-state index is 5.48. The number of hydrogen-bond donors (Lipinski definition) is 1. The van der Waals surface area contributed by atoms with Crippen LogP contribution < -0.4 is 5.73 Å². The van der Waals surface area contributed by atoms with Crippen LogP contribution in [0.4, 0.5) is 0 Å². The van der Waals surface area contributed by atoms with E-state index in [9.17, 15) is 0 Å². The molecule has 1 rings (SSSR count). The summed E-state index contributed by atoms with van der Waals surface area (Å²) in [6.07, 6.45) is 4.38. The molecule has 0 amide bonds. The van der Waals surface area contributed by atoms with Gasteiger partial charge in [-0.1, -0.05) is 18.6 Å². The fourth-order valence-corrected chi connectivity index (χ4v) is 1.66. The van der Waals surface area contributed by atoms with Crippen molar-refractivity contribution < 1.29 is 0 Å². The summed E-state index contributed by atoms with van der Waals surface area (Å²) in [5, 5.41) is 7.99. The lowest BCUT2D eigenvalue weighted by Crippen LogP contribution is -2.32. The Morgan fingerprint density at radius 2 is 2.31 bits per heavy atom. The molecule has 1 unspecified atom stereocenters. The van der Waals surface area contributed by atoms with Gasteiger partial charge in [-0.15, -0.1) is 5.10 Å². The van der Waals surface area contributed by atoms with Crippen molar-refractivity contribution >= 4 is 0 Å². The molecule has 0 aliphatic heterocycles. The standard InChI is InChI=1S/C11H23N5/c1-4-5-10(2)15(3)6-7-16-9-11(8-12)13-14-16/h9-10H,4-8,12H2,1-3H3. The van der Waals surface area contributed by atoms with Crippen LogP contribution in [0, 0.1) is 0 Å². The third-order valence-corrected chi connectivity index (χ3v) is 2.94. The Kier molecular flexibility index (Phi) is 5.42. The average molecular weight is 225 g/mol. The van der Waals surface area contributed by atoms with Crippen molar-refractivity contribution in [2.24, 2.45) is 5.73 Å². The quantitative estimate of drug-likeness (QED) is 0.747. The fraction of sp³-hybridized carbons (Fsp3) is 0.818. The SMILES string of the molecule is CCCC(C)N(C)CCn1cc(CN)nn1. The van der Waals surface area contributed by atoms with Crippen LogP contribution in [0.25, 0.3) is 0 Å². The van der Waals surface area contributed by atoms with E-state index in [-0.39, 0.29) is 0 Å². The van der Waals surface area contributed by atoms with Gasteiger partial charge in [-0.2, -0.15) is 0 Å². The van der Waals surface area contributed by atoms with Gasteiger partial charge in [0.05, 0.1) is 12.2 Å². The number of nitrogens with zero attached hydrogens (tertiary/aromatic N) is 4. The molecule has 1 heterocycles. The van der Waals surface area contributed by atoms with E-state index in [4.69, 9.17) is 5.73 Å². The first-order chi connectivity index (χ1) is 7.67. The van der Waals surface area contributed by atoms with E-state index < -0.39 is 0 Å². The van der Waals surface area contributed by atoms with Crippen LogP contribution in [0.5, 0.6) is 0 Å². The van der Waals surface area contributed by atoms with Gasteiger partial charge in [0.15, 0.2) is 0 Å². The average Bonchev–Trinajstić information content (AvgIpc) is 2.74. The molecule has 0 radical (unpaired) electrons. The summed E-state index contributed by atoms with van der Waals surface area (Å²) < 4.78 is 1.86. The van der Waals surface area contributed by atoms with Crippen LogP contribution in [0.2, 0.25) is 0 Å². The number of aromatic nitrogens is 3. The van der Waals surface area contributed by atoms with E-state index in [2.05, 4.69) is 36.1 Å². The van der Waals surface area contributed by atoms with Gasteiger partial charge in [-0.3, -0.25) is 4.68 Å². The van der Waals surface area contributed by atoms with Gasteiger partial charge in [0.1, 0.15) is 0 Å². The van der Waals surface area contributed by atoms with Crippen molar-refractivity contribution in [1.82, 2.24) is 19.9 Å². The van der Waals surface area contributed by atoms with Gasteiger partial charge in [0.2, 0.25) is 0 Å². The molecule has 0 aliphatic rings. The predicted molar refractivity (Wildman–Crippen MR) is 64.9 cm³/mol. The molecular formula is C11H23N5. The maximum absolute atomic E-state index is 5.48. The maximum Gasteiger partial charge on any atom is 0.0962 e. The highest BCUT2D eigenvalue weighted by atomic mass is 15.4. The number of likely N-dealkylation sites (N-methyl/N-ethyl adjacent to an activating group) is 1. The first-order valence-corrected chi connectivity index (χ1v) is 5.96. The van der Waals surface area contributed by atoms with E-state index in [1.807, 2.05) is 10.9 Å². The molecule has 92 valence electrons. The minimum absolute atomic E-state index is 0.460. The summed E-state index contributed by atoms with van der Waals surface area (Å²) in [5.41, 5.74) is 6.33. The van der Waals surface area contributed by atoms with Crippen LogP contribution in [0.1, 0.15) is 32.4 Å². The molecule has 0 spiro atoms. The molecule has 0 aliphatic carbocycles. The van der Waals surface area contributed by atoms with Gasteiger partial charge in [-0.05, 0) is 20.4 Å². The van der Waals surface area contributed by atoms with Gasteiger partial charge >= 0.3 is 0 Å². The second-order valence-electron chi connectivity index (χ2n) is 4.30. The summed E-state index contributed by atoms with van der Waals surface area (Å²) in [4.78, 5) is 2.35. The first-order valence-electron chi connectivity index (χ1n) is 5.96. The molecular weight excluding hydrogens is 202 g/mol. The molecule has 1 aromatic rings. The first kappa shape index (κ1) is 13.1. The Morgan fingerprint density at radius 3 is 2.88 bits per heavy atom. The molecule has 1 atom stereocenters. The molecule has 0 saturated heterocycles. The summed E-state index contributed by atoms with van der Waals surface area (Å²) in [7, 11) is 2.15. The van der Waals surface area contributed by atoms with Crippen molar-refractivity contribution in [3.63, 3.8) is 0 Å². The summed E-state index contributed by atoms with van der Waals surface area (Å²) >= 11 is 0. The lowest BCUT2D eigenvalue weighted by atomic mass is 10.2. The highest BCUT2D eigenvalue weighted by Crippen LogP contribution is 2.03. The molecule has 5 nitrogen and oxygen atoms in total. The Balaban J connectivity index is 2.33. The highest BCUT2D eigenvalue weighted by molar-refractivity contribution is 4.90. The largest absolute Gasteiger partial charge is 0.325 e. The van der Waals surface area contributed by atoms with E-state index in [1.165, 1.54) is 12.8 Å². The molecule has 16 heavy (non-hydrogen) atoms. The van der Waals surface area contributed by atoms with Gasteiger partial charge in [-0.25, -0.2) is 0 Å². The van der Waals surface area contributed by atoms with Crippen LogP contribution in [-0.2, 0) is 13.1 Å².